The fourth-order valence-electron chi connectivity index (χ4n) is 4.82. The first-order valence-electron chi connectivity index (χ1n) is 11.2. The highest BCUT2D eigenvalue weighted by Crippen LogP contribution is 2.31. The number of aromatic amines is 1. The molecule has 1 aromatic heterocycles. The van der Waals surface area contributed by atoms with Crippen LogP contribution in [0, 0.1) is 5.92 Å². The molecule has 32 heavy (non-hydrogen) atoms. The lowest BCUT2D eigenvalue weighted by Crippen LogP contribution is -2.45. The molecule has 3 aromatic rings. The number of hydrogen-bond acceptors (Lipinski definition) is 2. The van der Waals surface area contributed by atoms with Gasteiger partial charge in [0.2, 0.25) is 11.8 Å². The van der Waals surface area contributed by atoms with Crippen LogP contribution in [0.15, 0.2) is 54.6 Å². The van der Waals surface area contributed by atoms with E-state index in [4.69, 9.17) is 11.6 Å². The number of carbonyl (C=O) groups is 2. The maximum Gasteiger partial charge on any atom is 0.246 e. The second kappa shape index (κ2) is 8.83. The van der Waals surface area contributed by atoms with Gasteiger partial charge in [-0.25, -0.2) is 0 Å². The summed E-state index contributed by atoms with van der Waals surface area (Å²) in [6.07, 6.45) is 5.73. The number of fused-ring (bicyclic) bond motifs is 3. The Balaban J connectivity index is 1.20. The minimum atomic E-state index is -0.0208. The van der Waals surface area contributed by atoms with Gasteiger partial charge in [-0.2, -0.15) is 0 Å². The monoisotopic (exact) mass is 447 g/mol. The zero-order valence-electron chi connectivity index (χ0n) is 17.9. The predicted molar refractivity (Wildman–Crippen MR) is 127 cm³/mol. The molecular formula is C26H26ClN3O2. The number of aromatic nitrogens is 1. The maximum absolute atomic E-state index is 13.2. The van der Waals surface area contributed by atoms with Gasteiger partial charge in [0.1, 0.15) is 0 Å². The van der Waals surface area contributed by atoms with Crippen LogP contribution >= 0.6 is 11.6 Å². The van der Waals surface area contributed by atoms with E-state index in [0.717, 1.165) is 29.4 Å². The van der Waals surface area contributed by atoms with E-state index in [-0.39, 0.29) is 17.7 Å². The van der Waals surface area contributed by atoms with Crippen LogP contribution in [0.2, 0.25) is 5.02 Å². The van der Waals surface area contributed by atoms with E-state index in [1.807, 2.05) is 64.4 Å². The Kier molecular flexibility index (Phi) is 5.75. The van der Waals surface area contributed by atoms with Crippen molar-refractivity contribution in [1.82, 2.24) is 14.8 Å². The molecule has 2 aliphatic heterocycles. The number of H-pyrrole nitrogens is 1. The van der Waals surface area contributed by atoms with Gasteiger partial charge in [-0.05, 0) is 42.7 Å². The summed E-state index contributed by atoms with van der Waals surface area (Å²) in [5.41, 5.74) is 4.47. The van der Waals surface area contributed by atoms with E-state index in [1.165, 1.54) is 11.3 Å². The molecule has 0 aliphatic carbocycles. The molecule has 164 valence electrons. The average molecular weight is 448 g/mol. The van der Waals surface area contributed by atoms with Crippen molar-refractivity contribution in [3.63, 3.8) is 0 Å². The van der Waals surface area contributed by atoms with Gasteiger partial charge in [0, 0.05) is 71.8 Å². The second-order valence-electron chi connectivity index (χ2n) is 8.63. The van der Waals surface area contributed by atoms with Gasteiger partial charge in [0.15, 0.2) is 0 Å². The van der Waals surface area contributed by atoms with E-state index in [0.29, 0.717) is 37.5 Å². The van der Waals surface area contributed by atoms with E-state index in [2.05, 4.69) is 4.98 Å². The van der Waals surface area contributed by atoms with Crippen molar-refractivity contribution in [2.45, 2.75) is 25.8 Å². The van der Waals surface area contributed by atoms with Crippen LogP contribution in [0.25, 0.3) is 17.0 Å². The summed E-state index contributed by atoms with van der Waals surface area (Å²) in [7, 11) is 0. The number of rotatable bonds is 3. The van der Waals surface area contributed by atoms with Crippen LogP contribution in [0.3, 0.4) is 0 Å². The number of benzene rings is 2. The number of nitrogens with one attached hydrogen (secondary N) is 1. The van der Waals surface area contributed by atoms with Crippen LogP contribution in [-0.4, -0.2) is 46.2 Å². The lowest BCUT2D eigenvalue weighted by molar-refractivity contribution is -0.140. The van der Waals surface area contributed by atoms with Crippen molar-refractivity contribution < 1.29 is 9.59 Å². The third kappa shape index (κ3) is 4.17. The fraction of sp³-hybridized carbons (Fsp3) is 0.308. The zero-order chi connectivity index (χ0) is 22.1. The Hall–Kier alpha value is -3.05. The Morgan fingerprint density at radius 3 is 2.56 bits per heavy atom. The second-order valence-corrected chi connectivity index (χ2v) is 9.06. The first-order chi connectivity index (χ1) is 15.6. The van der Waals surface area contributed by atoms with Crippen LogP contribution in [0.1, 0.15) is 29.7 Å². The minimum absolute atomic E-state index is 0.0121. The van der Waals surface area contributed by atoms with Gasteiger partial charge in [-0.1, -0.05) is 41.9 Å². The van der Waals surface area contributed by atoms with E-state index in [1.54, 1.807) is 6.08 Å². The molecule has 2 aliphatic rings. The normalized spacial score (nSPS) is 17.2. The molecule has 0 radical (unpaired) electrons. The summed E-state index contributed by atoms with van der Waals surface area (Å²) in [5, 5.41) is 1.82. The summed E-state index contributed by atoms with van der Waals surface area (Å²) >= 11 is 6.20. The van der Waals surface area contributed by atoms with Gasteiger partial charge >= 0.3 is 0 Å². The van der Waals surface area contributed by atoms with E-state index < -0.39 is 0 Å². The van der Waals surface area contributed by atoms with Crippen molar-refractivity contribution >= 4 is 40.4 Å². The molecule has 0 saturated carbocycles. The average Bonchev–Trinajstić information content (AvgIpc) is 3.20. The van der Waals surface area contributed by atoms with Crippen LogP contribution in [-0.2, 0) is 22.6 Å². The van der Waals surface area contributed by atoms with E-state index >= 15 is 0 Å². The Morgan fingerprint density at radius 1 is 1.00 bits per heavy atom. The lowest BCUT2D eigenvalue weighted by atomic mass is 9.93. The van der Waals surface area contributed by atoms with Crippen LogP contribution in [0.4, 0.5) is 0 Å². The first kappa shape index (κ1) is 20.8. The topological polar surface area (TPSA) is 56.4 Å². The molecule has 1 fully saturated rings. The van der Waals surface area contributed by atoms with Gasteiger partial charge in [-0.3, -0.25) is 9.59 Å². The molecule has 0 atom stereocenters. The van der Waals surface area contributed by atoms with Crippen molar-refractivity contribution in [3.05, 3.63) is 76.5 Å². The third-order valence-corrected chi connectivity index (χ3v) is 6.86. The van der Waals surface area contributed by atoms with Gasteiger partial charge < -0.3 is 14.8 Å². The molecule has 2 aromatic carbocycles. The fourth-order valence-corrected chi connectivity index (χ4v) is 4.99. The number of halogens is 1. The molecular weight excluding hydrogens is 422 g/mol. The van der Waals surface area contributed by atoms with Gasteiger partial charge in [0.05, 0.1) is 0 Å². The molecule has 2 amide bonds. The molecule has 0 spiro atoms. The zero-order valence-corrected chi connectivity index (χ0v) is 18.6. The molecule has 1 saturated heterocycles. The predicted octanol–water partition coefficient (Wildman–Crippen LogP) is 4.66. The number of piperidine rings is 1. The number of likely N-dealkylation sites (tertiary alicyclic amines) is 1. The quantitative estimate of drug-likeness (QED) is 0.594. The smallest absolute Gasteiger partial charge is 0.246 e. The van der Waals surface area contributed by atoms with Crippen molar-refractivity contribution in [3.8, 4) is 0 Å². The summed E-state index contributed by atoms with van der Waals surface area (Å²) in [5.74, 6) is 0.199. The highest BCUT2D eigenvalue weighted by molar-refractivity contribution is 6.31. The standard InChI is InChI=1S/C26H26ClN3O2/c27-20-7-8-23-21(16-20)22-17-30(15-12-24(22)28-23)26(32)19-10-13-29(14-11-19)25(31)9-6-18-4-2-1-3-5-18/h1-9,16,19,28H,10-15,17H2/b9-6+. The first-order valence-corrected chi connectivity index (χ1v) is 11.6. The lowest BCUT2D eigenvalue weighted by Gasteiger charge is -2.35. The number of carbonyl (C=O) groups excluding carboxylic acids is 2. The molecule has 0 bridgehead atoms. The number of nitrogens with zero attached hydrogens (tertiary/aromatic N) is 2. The highest BCUT2D eigenvalue weighted by atomic mass is 35.5. The number of amides is 2. The third-order valence-electron chi connectivity index (χ3n) is 6.62. The highest BCUT2D eigenvalue weighted by Gasteiger charge is 2.32. The molecule has 5 rings (SSSR count). The summed E-state index contributed by atoms with van der Waals surface area (Å²) < 4.78 is 0. The summed E-state index contributed by atoms with van der Waals surface area (Å²) in [6.45, 7) is 2.59. The van der Waals surface area contributed by atoms with Crippen molar-refractivity contribution in [2.75, 3.05) is 19.6 Å². The molecule has 0 unspecified atom stereocenters. The molecule has 1 N–H and O–H groups in total. The molecule has 5 nitrogen and oxygen atoms in total. The Bertz CT molecular complexity index is 1180. The Labute approximate surface area is 192 Å². The largest absolute Gasteiger partial charge is 0.358 e. The van der Waals surface area contributed by atoms with Gasteiger partial charge in [0.25, 0.3) is 0 Å². The SMILES string of the molecule is O=C(/C=C/c1ccccc1)N1CCC(C(=O)N2CCc3[nH]c4ccc(Cl)cc4c3C2)CC1. The van der Waals surface area contributed by atoms with Crippen molar-refractivity contribution in [2.24, 2.45) is 5.92 Å². The van der Waals surface area contributed by atoms with Crippen molar-refractivity contribution in [1.29, 1.82) is 0 Å². The molecule has 6 heteroatoms. The van der Waals surface area contributed by atoms with Crippen LogP contribution < -0.4 is 0 Å². The number of hydrogen-bond donors (Lipinski definition) is 1. The minimum Gasteiger partial charge on any atom is -0.358 e. The summed E-state index contributed by atoms with van der Waals surface area (Å²) in [6, 6.07) is 15.7. The summed E-state index contributed by atoms with van der Waals surface area (Å²) in [4.78, 5) is 33.1. The van der Waals surface area contributed by atoms with Gasteiger partial charge in [-0.15, -0.1) is 0 Å². The van der Waals surface area contributed by atoms with E-state index in [9.17, 15) is 9.59 Å². The van der Waals surface area contributed by atoms with Crippen LogP contribution in [0.5, 0.6) is 0 Å². The Morgan fingerprint density at radius 2 is 1.78 bits per heavy atom. The maximum atomic E-state index is 13.2. The molecule has 3 heterocycles.